The van der Waals surface area contributed by atoms with Crippen LogP contribution in [0.3, 0.4) is 0 Å². The van der Waals surface area contributed by atoms with E-state index in [0.717, 1.165) is 25.5 Å². The maximum Gasteiger partial charge on any atom is 0.209 e. The lowest BCUT2D eigenvalue weighted by Crippen LogP contribution is -2.33. The number of nitrogens with zero attached hydrogens (tertiary/aromatic N) is 1. The van der Waals surface area contributed by atoms with Gasteiger partial charge in [0.25, 0.3) is 0 Å². The standard InChI is InChI=1S/C30H29NOP2/c32-24-31-22-30(34(28-17-9-3-10-18-28)29-19-11-4-12-20-29)21-25(31)23-33(26-13-5-1-6-14-26)27-15-7-2-8-16-27/h1-20,24-25,30H,21-23H2/t25-,30-/m0/s1. The Kier molecular flexibility index (Phi) is 7.49. The first-order valence-corrected chi connectivity index (χ1v) is 14.8. The van der Waals surface area contributed by atoms with E-state index in [1.807, 2.05) is 0 Å². The molecule has 1 saturated heterocycles. The van der Waals surface area contributed by atoms with E-state index in [-0.39, 0.29) is 6.04 Å². The second-order valence-electron chi connectivity index (χ2n) is 8.67. The van der Waals surface area contributed by atoms with Gasteiger partial charge in [0, 0.05) is 18.2 Å². The van der Waals surface area contributed by atoms with Crippen LogP contribution in [0.5, 0.6) is 0 Å². The number of benzene rings is 4. The van der Waals surface area contributed by atoms with Crippen LogP contribution in [0.4, 0.5) is 0 Å². The van der Waals surface area contributed by atoms with Gasteiger partial charge in [0.05, 0.1) is 0 Å². The van der Waals surface area contributed by atoms with Gasteiger partial charge in [-0.25, -0.2) is 0 Å². The molecule has 1 heterocycles. The lowest BCUT2D eigenvalue weighted by atomic mass is 10.2. The molecule has 0 saturated carbocycles. The summed E-state index contributed by atoms with van der Waals surface area (Å²) in [6.07, 6.45) is 3.15. The van der Waals surface area contributed by atoms with Crippen molar-refractivity contribution in [2.45, 2.75) is 18.1 Å². The molecule has 34 heavy (non-hydrogen) atoms. The molecule has 0 N–H and O–H groups in total. The monoisotopic (exact) mass is 481 g/mol. The van der Waals surface area contributed by atoms with E-state index in [1.165, 1.54) is 21.2 Å². The van der Waals surface area contributed by atoms with Crippen molar-refractivity contribution >= 4 is 43.5 Å². The van der Waals surface area contributed by atoms with Crippen LogP contribution in [-0.2, 0) is 4.79 Å². The lowest BCUT2D eigenvalue weighted by Gasteiger charge is -2.26. The zero-order valence-electron chi connectivity index (χ0n) is 19.2. The Hall–Kier alpha value is -2.79. The van der Waals surface area contributed by atoms with Crippen LogP contribution >= 0.6 is 15.8 Å². The molecule has 1 aliphatic heterocycles. The number of hydrogen-bond donors (Lipinski definition) is 0. The number of hydrogen-bond acceptors (Lipinski definition) is 1. The summed E-state index contributed by atoms with van der Waals surface area (Å²) >= 11 is 0. The summed E-state index contributed by atoms with van der Waals surface area (Å²) in [5.74, 6) is 0. The molecule has 4 aromatic carbocycles. The summed E-state index contributed by atoms with van der Waals surface area (Å²) in [4.78, 5) is 14.3. The van der Waals surface area contributed by atoms with Crippen LogP contribution in [0.25, 0.3) is 0 Å². The number of carbonyl (C=O) groups excluding carboxylic acids is 1. The zero-order chi connectivity index (χ0) is 23.2. The van der Waals surface area contributed by atoms with Crippen molar-refractivity contribution in [1.82, 2.24) is 4.90 Å². The van der Waals surface area contributed by atoms with Gasteiger partial charge in [-0.15, -0.1) is 0 Å². The molecular formula is C30H29NOP2. The maximum absolute atomic E-state index is 12.3. The molecule has 0 bridgehead atoms. The van der Waals surface area contributed by atoms with Gasteiger partial charge in [0.15, 0.2) is 0 Å². The zero-order valence-corrected chi connectivity index (χ0v) is 20.9. The Morgan fingerprint density at radius 1 is 0.647 bits per heavy atom. The summed E-state index contributed by atoms with van der Waals surface area (Å²) in [5.41, 5.74) is 0.457. The van der Waals surface area contributed by atoms with Crippen LogP contribution in [0.1, 0.15) is 6.42 Å². The van der Waals surface area contributed by atoms with Gasteiger partial charge in [-0.3, -0.25) is 4.79 Å². The Morgan fingerprint density at radius 2 is 1.06 bits per heavy atom. The molecule has 0 aliphatic carbocycles. The first-order valence-electron chi connectivity index (χ1n) is 11.8. The van der Waals surface area contributed by atoms with Gasteiger partial charge in [0.1, 0.15) is 0 Å². The van der Waals surface area contributed by atoms with Gasteiger partial charge in [0.2, 0.25) is 6.41 Å². The lowest BCUT2D eigenvalue weighted by molar-refractivity contribution is -0.118. The molecule has 1 amide bonds. The van der Waals surface area contributed by atoms with Crippen LogP contribution in [0, 0.1) is 0 Å². The first kappa shape index (κ1) is 23.0. The molecule has 1 aliphatic rings. The Labute approximate surface area is 205 Å². The minimum atomic E-state index is -0.538. The van der Waals surface area contributed by atoms with Crippen LogP contribution in [0.2, 0.25) is 0 Å². The highest BCUT2D eigenvalue weighted by molar-refractivity contribution is 7.74. The SMILES string of the molecule is O=CN1C[C@@H](P(c2ccccc2)c2ccccc2)C[C@H]1CP(c1ccccc1)c1ccccc1. The topological polar surface area (TPSA) is 20.3 Å². The van der Waals surface area contributed by atoms with Gasteiger partial charge in [-0.1, -0.05) is 121 Å². The second kappa shape index (κ2) is 11.1. The average Bonchev–Trinajstić information content (AvgIpc) is 3.32. The third-order valence-corrected chi connectivity index (χ3v) is 12.0. The highest BCUT2D eigenvalue weighted by Gasteiger charge is 2.38. The van der Waals surface area contributed by atoms with Crippen molar-refractivity contribution in [1.29, 1.82) is 0 Å². The fraction of sp³-hybridized carbons (Fsp3) is 0.167. The van der Waals surface area contributed by atoms with Crippen molar-refractivity contribution in [3.8, 4) is 0 Å². The molecule has 4 heteroatoms. The molecule has 5 rings (SSSR count). The summed E-state index contributed by atoms with van der Waals surface area (Å²) < 4.78 is 0. The highest BCUT2D eigenvalue weighted by atomic mass is 31.1. The summed E-state index contributed by atoms with van der Waals surface area (Å²) in [6.45, 7) is 0.830. The fourth-order valence-corrected chi connectivity index (χ4v) is 10.4. The normalized spacial score (nSPS) is 17.9. The average molecular weight is 482 g/mol. The molecule has 2 atom stereocenters. The molecule has 0 unspecified atom stereocenters. The van der Waals surface area contributed by atoms with Gasteiger partial charge in [-0.05, 0) is 49.6 Å². The second-order valence-corrected chi connectivity index (χ2v) is 13.4. The highest BCUT2D eigenvalue weighted by Crippen LogP contribution is 2.47. The summed E-state index contributed by atoms with van der Waals surface area (Å²) in [6, 6.07) is 43.7. The molecule has 170 valence electrons. The minimum absolute atomic E-state index is 0.256. The fourth-order valence-electron chi connectivity index (χ4n) is 4.95. The van der Waals surface area contributed by atoms with E-state index >= 15 is 0 Å². The van der Waals surface area contributed by atoms with Gasteiger partial charge in [-0.2, -0.15) is 0 Å². The van der Waals surface area contributed by atoms with E-state index in [4.69, 9.17) is 0 Å². The maximum atomic E-state index is 12.3. The smallest absolute Gasteiger partial charge is 0.209 e. The first-order chi connectivity index (χ1) is 16.8. The Bertz CT molecular complexity index is 1090. The predicted molar refractivity (Wildman–Crippen MR) is 148 cm³/mol. The van der Waals surface area contributed by atoms with E-state index in [0.29, 0.717) is 5.66 Å². The van der Waals surface area contributed by atoms with Gasteiger partial charge >= 0.3 is 0 Å². The predicted octanol–water partition coefficient (Wildman–Crippen LogP) is 4.85. The van der Waals surface area contributed by atoms with E-state index < -0.39 is 15.8 Å². The molecule has 2 nitrogen and oxygen atoms in total. The van der Waals surface area contributed by atoms with Crippen molar-refractivity contribution in [2.75, 3.05) is 12.7 Å². The summed E-state index contributed by atoms with van der Waals surface area (Å²) in [5, 5.41) is 5.56. The molecule has 1 fully saturated rings. The van der Waals surface area contributed by atoms with Crippen molar-refractivity contribution in [3.63, 3.8) is 0 Å². The van der Waals surface area contributed by atoms with E-state index in [1.54, 1.807) is 0 Å². The third-order valence-electron chi connectivity index (χ3n) is 6.53. The van der Waals surface area contributed by atoms with E-state index in [9.17, 15) is 4.79 Å². The third kappa shape index (κ3) is 5.15. The van der Waals surface area contributed by atoms with Crippen molar-refractivity contribution < 1.29 is 4.79 Å². The Balaban J connectivity index is 1.45. The number of amides is 1. The summed E-state index contributed by atoms with van der Waals surface area (Å²) in [7, 11) is -1.07. The molecule has 4 aromatic rings. The quantitative estimate of drug-likeness (QED) is 0.260. The molecule has 0 spiro atoms. The molecule has 0 aromatic heterocycles. The largest absolute Gasteiger partial charge is 0.341 e. The molecule has 0 radical (unpaired) electrons. The van der Waals surface area contributed by atoms with Crippen LogP contribution in [0.15, 0.2) is 121 Å². The Morgan fingerprint density at radius 3 is 1.47 bits per heavy atom. The minimum Gasteiger partial charge on any atom is -0.341 e. The van der Waals surface area contributed by atoms with Crippen molar-refractivity contribution in [2.24, 2.45) is 0 Å². The van der Waals surface area contributed by atoms with Crippen LogP contribution in [-0.4, -0.2) is 35.7 Å². The molecular weight excluding hydrogens is 452 g/mol. The number of carbonyl (C=O) groups is 1. The van der Waals surface area contributed by atoms with Gasteiger partial charge < -0.3 is 4.90 Å². The van der Waals surface area contributed by atoms with Crippen LogP contribution < -0.4 is 21.2 Å². The number of likely N-dealkylation sites (tertiary alicyclic amines) is 1. The van der Waals surface area contributed by atoms with Crippen molar-refractivity contribution in [3.05, 3.63) is 121 Å². The van der Waals surface area contributed by atoms with E-state index in [2.05, 4.69) is 126 Å². The number of rotatable bonds is 8.